The second kappa shape index (κ2) is 8.61. The minimum atomic E-state index is -1.16. The second-order valence-electron chi connectivity index (χ2n) is 7.27. The normalized spacial score (nSPS) is 16.7. The van der Waals surface area contributed by atoms with Crippen molar-refractivity contribution >= 4 is 34.9 Å². The first kappa shape index (κ1) is 21.8. The van der Waals surface area contributed by atoms with Gasteiger partial charge in [-0.3, -0.25) is 14.9 Å². The first-order valence-corrected chi connectivity index (χ1v) is 10.0. The minimum absolute atomic E-state index is 0.112. The van der Waals surface area contributed by atoms with Gasteiger partial charge < -0.3 is 24.5 Å². The monoisotopic (exact) mass is 452 g/mol. The number of nitrogens with zero attached hydrogens (tertiary/aromatic N) is 2. The van der Waals surface area contributed by atoms with E-state index >= 15 is 0 Å². The first-order valence-electron chi connectivity index (χ1n) is 10.0. The number of aromatic carboxylic acids is 1. The topological polar surface area (TPSA) is 151 Å². The van der Waals surface area contributed by atoms with E-state index in [1.807, 2.05) is 30.0 Å². The number of urea groups is 1. The van der Waals surface area contributed by atoms with Gasteiger partial charge in [-0.2, -0.15) is 0 Å². The fraction of sp³-hybridized carbons (Fsp3) is 0.227. The van der Waals surface area contributed by atoms with E-state index in [1.165, 1.54) is 18.2 Å². The molecule has 4 amide bonds. The van der Waals surface area contributed by atoms with Crippen molar-refractivity contribution < 1.29 is 33.4 Å². The number of hydrogen-bond donors (Lipinski definition) is 3. The highest BCUT2D eigenvalue weighted by molar-refractivity contribution is 6.04. The summed E-state index contributed by atoms with van der Waals surface area (Å²) in [6.45, 7) is 3.48. The molecule has 3 aromatic rings. The number of imide groups is 1. The molecule has 4 heterocycles. The summed E-state index contributed by atoms with van der Waals surface area (Å²) in [7, 11) is 1.61. The summed E-state index contributed by atoms with van der Waals surface area (Å²) in [5, 5.41) is 13.3. The average molecular weight is 452 g/mol. The van der Waals surface area contributed by atoms with Crippen LogP contribution in [0, 0.1) is 0 Å². The van der Waals surface area contributed by atoms with Crippen molar-refractivity contribution in [2.24, 2.45) is 0 Å². The molecule has 1 unspecified atom stereocenters. The smallest absolute Gasteiger partial charge is 0.354 e. The Hall–Kier alpha value is -4.41. The van der Waals surface area contributed by atoms with Crippen LogP contribution in [0.25, 0.3) is 11.1 Å². The van der Waals surface area contributed by atoms with Gasteiger partial charge in [0.1, 0.15) is 22.7 Å². The van der Waals surface area contributed by atoms with Gasteiger partial charge in [0.05, 0.1) is 7.11 Å². The second-order valence-corrected chi connectivity index (χ2v) is 7.27. The van der Waals surface area contributed by atoms with Crippen LogP contribution < -0.4 is 15.4 Å². The molecule has 1 atom stereocenters. The van der Waals surface area contributed by atoms with Gasteiger partial charge in [0, 0.05) is 24.7 Å². The van der Waals surface area contributed by atoms with Crippen molar-refractivity contribution in [1.82, 2.24) is 20.5 Å². The Bertz CT molecular complexity index is 1280. The molecule has 1 saturated heterocycles. The summed E-state index contributed by atoms with van der Waals surface area (Å²) >= 11 is 0. The molecule has 170 valence electrons. The predicted octanol–water partition coefficient (Wildman–Crippen LogP) is 2.08. The molecular formula is C22H20N4O7. The van der Waals surface area contributed by atoms with Gasteiger partial charge in [0.15, 0.2) is 11.6 Å². The number of rotatable bonds is 4. The van der Waals surface area contributed by atoms with E-state index in [4.69, 9.17) is 14.3 Å². The lowest BCUT2D eigenvalue weighted by Gasteiger charge is -2.10. The standard InChI is InChI=1S/C11H7N3O5.C11H13NO2/c15-9-8(13-11(18)14-9)7-3-5-6(19-7)2-1-4(12-5)10(16)17;1-3-12-7-8-4-5-9(14-2)6-10(8)11(12)13/h1-3,8H,(H,16,17)(H2,13,14,15,18);4-6H,3,7H2,1-2H3. The molecule has 2 aliphatic heterocycles. The summed E-state index contributed by atoms with van der Waals surface area (Å²) in [5.74, 6) is -0.621. The molecule has 0 spiro atoms. The molecule has 0 bridgehead atoms. The van der Waals surface area contributed by atoms with Gasteiger partial charge in [0.25, 0.3) is 11.8 Å². The number of furan rings is 1. The van der Waals surface area contributed by atoms with Crippen LogP contribution in [-0.4, -0.2) is 52.5 Å². The van der Waals surface area contributed by atoms with E-state index in [-0.39, 0.29) is 17.4 Å². The van der Waals surface area contributed by atoms with Crippen molar-refractivity contribution in [3.8, 4) is 5.75 Å². The summed E-state index contributed by atoms with van der Waals surface area (Å²) < 4.78 is 10.5. The van der Waals surface area contributed by atoms with Crippen molar-refractivity contribution in [3.63, 3.8) is 0 Å². The lowest BCUT2D eigenvalue weighted by molar-refractivity contribution is -0.120. The number of amides is 4. The Kier molecular flexibility index (Phi) is 5.69. The number of carbonyl (C=O) groups is 4. The van der Waals surface area contributed by atoms with Crippen LogP contribution in [0.5, 0.6) is 5.75 Å². The zero-order chi connectivity index (χ0) is 23.7. The van der Waals surface area contributed by atoms with Gasteiger partial charge in [-0.15, -0.1) is 0 Å². The van der Waals surface area contributed by atoms with Crippen LogP contribution in [0.4, 0.5) is 4.79 Å². The average Bonchev–Trinajstić information content (AvgIpc) is 3.47. The number of carboxylic acids is 1. The highest BCUT2D eigenvalue weighted by atomic mass is 16.5. The minimum Gasteiger partial charge on any atom is -0.497 e. The predicted molar refractivity (Wildman–Crippen MR) is 114 cm³/mol. The lowest BCUT2D eigenvalue weighted by atomic mass is 10.1. The number of nitrogens with one attached hydrogen (secondary N) is 2. The number of aromatic nitrogens is 1. The van der Waals surface area contributed by atoms with Crippen LogP contribution in [0.2, 0.25) is 0 Å². The van der Waals surface area contributed by atoms with E-state index in [1.54, 1.807) is 7.11 Å². The molecule has 33 heavy (non-hydrogen) atoms. The third kappa shape index (κ3) is 4.20. The van der Waals surface area contributed by atoms with Gasteiger partial charge in [-0.25, -0.2) is 14.6 Å². The van der Waals surface area contributed by atoms with Crippen LogP contribution in [0.15, 0.2) is 40.8 Å². The van der Waals surface area contributed by atoms with Crippen LogP contribution >= 0.6 is 0 Å². The number of carboxylic acid groups (broad SMARTS) is 1. The molecular weight excluding hydrogens is 432 g/mol. The summed E-state index contributed by atoms with van der Waals surface area (Å²) in [6, 6.07) is 8.32. The molecule has 2 aromatic heterocycles. The Morgan fingerprint density at radius 3 is 2.67 bits per heavy atom. The molecule has 0 radical (unpaired) electrons. The van der Waals surface area contributed by atoms with Gasteiger partial charge >= 0.3 is 12.0 Å². The zero-order valence-corrected chi connectivity index (χ0v) is 17.7. The largest absolute Gasteiger partial charge is 0.497 e. The summed E-state index contributed by atoms with van der Waals surface area (Å²) in [5.41, 5.74) is 2.40. The molecule has 11 heteroatoms. The fourth-order valence-corrected chi connectivity index (χ4v) is 3.54. The Labute approximate surface area is 187 Å². The molecule has 5 rings (SSSR count). The van der Waals surface area contributed by atoms with E-state index in [0.29, 0.717) is 11.1 Å². The summed E-state index contributed by atoms with van der Waals surface area (Å²) in [4.78, 5) is 50.7. The third-order valence-corrected chi connectivity index (χ3v) is 5.25. The number of fused-ring (bicyclic) bond motifs is 2. The van der Waals surface area contributed by atoms with E-state index in [2.05, 4.69) is 15.6 Å². The highest BCUT2D eigenvalue weighted by Gasteiger charge is 2.33. The number of pyridine rings is 1. The van der Waals surface area contributed by atoms with Crippen LogP contribution in [0.3, 0.4) is 0 Å². The maximum Gasteiger partial charge on any atom is 0.354 e. The quantitative estimate of drug-likeness (QED) is 0.509. The molecule has 3 N–H and O–H groups in total. The Morgan fingerprint density at radius 1 is 1.24 bits per heavy atom. The Morgan fingerprint density at radius 2 is 2.03 bits per heavy atom. The molecule has 0 aliphatic carbocycles. The molecule has 2 aliphatic rings. The Balaban J connectivity index is 0.000000165. The van der Waals surface area contributed by atoms with Gasteiger partial charge in [-0.05, 0) is 36.8 Å². The van der Waals surface area contributed by atoms with E-state index in [9.17, 15) is 19.2 Å². The molecule has 1 aromatic carbocycles. The van der Waals surface area contributed by atoms with Crippen molar-refractivity contribution in [2.45, 2.75) is 19.5 Å². The number of ether oxygens (including phenoxy) is 1. The summed E-state index contributed by atoms with van der Waals surface area (Å²) in [6.07, 6.45) is 0. The molecule has 1 fully saturated rings. The number of hydrogen-bond acceptors (Lipinski definition) is 7. The first-order chi connectivity index (χ1) is 15.8. The SMILES string of the molecule is CCN1Cc2ccc(OC)cc2C1=O.O=C1NC(=O)C(c2cc3nc(C(=O)O)ccc3o2)N1. The number of benzene rings is 1. The van der Waals surface area contributed by atoms with Gasteiger partial charge in [-0.1, -0.05) is 6.07 Å². The fourth-order valence-electron chi connectivity index (χ4n) is 3.54. The maximum absolute atomic E-state index is 11.8. The lowest BCUT2D eigenvalue weighted by Crippen LogP contribution is -2.22. The molecule has 0 saturated carbocycles. The number of methoxy groups -OCH3 is 1. The van der Waals surface area contributed by atoms with E-state index < -0.39 is 23.9 Å². The van der Waals surface area contributed by atoms with Crippen LogP contribution in [0.1, 0.15) is 45.1 Å². The third-order valence-electron chi connectivity index (χ3n) is 5.25. The van der Waals surface area contributed by atoms with Crippen molar-refractivity contribution in [1.29, 1.82) is 0 Å². The van der Waals surface area contributed by atoms with Crippen molar-refractivity contribution in [3.05, 3.63) is 59.0 Å². The number of carbonyl (C=O) groups excluding carboxylic acids is 3. The highest BCUT2D eigenvalue weighted by Crippen LogP contribution is 2.26. The molecule has 11 nitrogen and oxygen atoms in total. The van der Waals surface area contributed by atoms with Gasteiger partial charge in [0.2, 0.25) is 0 Å². The van der Waals surface area contributed by atoms with Crippen molar-refractivity contribution in [2.75, 3.05) is 13.7 Å². The maximum atomic E-state index is 11.8. The zero-order valence-electron chi connectivity index (χ0n) is 17.7. The van der Waals surface area contributed by atoms with Crippen LogP contribution in [-0.2, 0) is 11.3 Å². The van der Waals surface area contributed by atoms with E-state index in [0.717, 1.165) is 30.0 Å².